The van der Waals surface area contributed by atoms with Crippen molar-refractivity contribution in [3.63, 3.8) is 0 Å². The van der Waals surface area contributed by atoms with Crippen molar-refractivity contribution in [1.29, 1.82) is 0 Å². The van der Waals surface area contributed by atoms with Crippen molar-refractivity contribution < 1.29 is 31.8 Å². The highest BCUT2D eigenvalue weighted by Gasteiger charge is 2.30. The monoisotopic (exact) mass is 422 g/mol. The number of hydrogen-bond donors (Lipinski definition) is 2. The zero-order valence-corrected chi connectivity index (χ0v) is 15.7. The van der Waals surface area contributed by atoms with Crippen LogP contribution in [0.15, 0.2) is 36.4 Å². The van der Waals surface area contributed by atoms with Crippen molar-refractivity contribution in [3.8, 4) is 17.6 Å². The number of carbonyl (C=O) groups is 1. The maximum atomic E-state index is 13.7. The van der Waals surface area contributed by atoms with Crippen LogP contribution >= 0.6 is 0 Å². The van der Waals surface area contributed by atoms with Crippen LogP contribution in [0.25, 0.3) is 0 Å². The molecule has 1 aliphatic heterocycles. The fourth-order valence-corrected chi connectivity index (χ4v) is 2.86. The highest BCUT2D eigenvalue weighted by molar-refractivity contribution is 5.74. The Bertz CT molecular complexity index is 980. The number of alkyl halides is 3. The Morgan fingerprint density at radius 2 is 2.00 bits per heavy atom. The lowest BCUT2D eigenvalue weighted by Crippen LogP contribution is -2.36. The number of ether oxygens (including phenoxy) is 2. The maximum Gasteiger partial charge on any atom is 0.416 e. The van der Waals surface area contributed by atoms with E-state index in [1.807, 2.05) is 0 Å². The summed E-state index contributed by atoms with van der Waals surface area (Å²) in [4.78, 5) is 11.8. The van der Waals surface area contributed by atoms with Crippen molar-refractivity contribution in [3.05, 3.63) is 64.5 Å². The predicted molar refractivity (Wildman–Crippen MR) is 100 cm³/mol. The third-order valence-corrected chi connectivity index (χ3v) is 4.19. The van der Waals surface area contributed by atoms with Crippen LogP contribution in [0.4, 0.5) is 22.4 Å². The Hall–Kier alpha value is -3.25. The molecule has 2 aromatic carbocycles. The first kappa shape index (κ1) is 21.5. The summed E-state index contributed by atoms with van der Waals surface area (Å²) in [6.45, 7) is 0.535. The van der Waals surface area contributed by atoms with Gasteiger partial charge in [0.2, 0.25) is 0 Å². The minimum Gasteiger partial charge on any atom is -0.467 e. The maximum absolute atomic E-state index is 13.7. The molecule has 0 saturated carbocycles. The number of urea groups is 1. The molecule has 9 heteroatoms. The molecular formula is C21H18F4N2O3. The van der Waals surface area contributed by atoms with Crippen molar-refractivity contribution in [1.82, 2.24) is 10.6 Å². The highest BCUT2D eigenvalue weighted by atomic mass is 19.4. The van der Waals surface area contributed by atoms with Gasteiger partial charge >= 0.3 is 12.2 Å². The summed E-state index contributed by atoms with van der Waals surface area (Å²) in [6, 6.07) is 6.84. The molecule has 2 N–H and O–H groups in total. The molecule has 0 saturated heterocycles. The van der Waals surface area contributed by atoms with E-state index in [-0.39, 0.29) is 32.1 Å². The minimum absolute atomic E-state index is 0.0438. The molecule has 5 nitrogen and oxygen atoms in total. The number of hydrogen-bond acceptors (Lipinski definition) is 3. The fraction of sp³-hybridized carbons (Fsp3) is 0.286. The summed E-state index contributed by atoms with van der Waals surface area (Å²) in [7, 11) is 0. The average molecular weight is 422 g/mol. The molecule has 30 heavy (non-hydrogen) atoms. The van der Waals surface area contributed by atoms with Crippen LogP contribution in [-0.2, 0) is 23.9 Å². The number of benzene rings is 2. The number of amides is 2. The summed E-state index contributed by atoms with van der Waals surface area (Å²) in [6.07, 6.45) is -4.09. The van der Waals surface area contributed by atoms with Gasteiger partial charge in [-0.05, 0) is 42.3 Å². The SMILES string of the molecule is O=C(NCC#Cc1cccc(C(F)(F)F)c1)NCCc1cc(F)cc2c1OCOC2. The van der Waals surface area contributed by atoms with Crippen LogP contribution < -0.4 is 15.4 Å². The second-order valence-electron chi connectivity index (χ2n) is 6.40. The lowest BCUT2D eigenvalue weighted by molar-refractivity contribution is -0.137. The highest BCUT2D eigenvalue weighted by Crippen LogP contribution is 2.30. The predicted octanol–water partition coefficient (Wildman–Crippen LogP) is 3.60. The Morgan fingerprint density at radius 1 is 1.17 bits per heavy atom. The standard InChI is InChI=1S/C21H18F4N2O3/c22-18-10-15(19-16(11-18)12-29-13-30-19)6-8-27-20(28)26-7-2-4-14-3-1-5-17(9-14)21(23,24)25/h1,3,5,9-11H,6-8,12-13H2,(H2,26,27,28). The van der Waals surface area contributed by atoms with Crippen molar-refractivity contribution in [2.24, 2.45) is 0 Å². The van der Waals surface area contributed by atoms with Crippen molar-refractivity contribution >= 4 is 6.03 Å². The number of rotatable bonds is 4. The lowest BCUT2D eigenvalue weighted by Gasteiger charge is -2.21. The Labute approximate surface area is 170 Å². The van der Waals surface area contributed by atoms with Gasteiger partial charge in [-0.2, -0.15) is 13.2 Å². The first-order valence-corrected chi connectivity index (χ1v) is 9.02. The van der Waals surface area contributed by atoms with Gasteiger partial charge in [0.15, 0.2) is 6.79 Å². The third kappa shape index (κ3) is 5.87. The molecule has 0 aliphatic carbocycles. The van der Waals surface area contributed by atoms with E-state index in [1.165, 1.54) is 24.3 Å². The van der Waals surface area contributed by atoms with Crippen LogP contribution in [0.3, 0.4) is 0 Å². The zero-order valence-electron chi connectivity index (χ0n) is 15.7. The number of carbonyl (C=O) groups excluding carboxylic acids is 1. The van der Waals surface area contributed by atoms with Gasteiger partial charge in [0.05, 0.1) is 18.7 Å². The van der Waals surface area contributed by atoms with E-state index >= 15 is 0 Å². The molecule has 0 fully saturated rings. The van der Waals surface area contributed by atoms with Crippen LogP contribution in [0, 0.1) is 17.7 Å². The third-order valence-electron chi connectivity index (χ3n) is 4.19. The first-order valence-electron chi connectivity index (χ1n) is 9.02. The summed E-state index contributed by atoms with van der Waals surface area (Å²) in [5, 5.41) is 5.10. The Kier molecular flexibility index (Phi) is 6.79. The number of halogens is 4. The smallest absolute Gasteiger partial charge is 0.416 e. The largest absolute Gasteiger partial charge is 0.467 e. The molecule has 0 radical (unpaired) electrons. The van der Waals surface area contributed by atoms with Crippen LogP contribution in [0.1, 0.15) is 22.3 Å². The summed E-state index contributed by atoms with van der Waals surface area (Å²) in [5.41, 5.74) is 0.658. The van der Waals surface area contributed by atoms with E-state index in [4.69, 9.17) is 9.47 Å². The minimum atomic E-state index is -4.44. The van der Waals surface area contributed by atoms with E-state index in [0.717, 1.165) is 12.1 Å². The topological polar surface area (TPSA) is 59.6 Å². The van der Waals surface area contributed by atoms with Crippen molar-refractivity contribution in [2.45, 2.75) is 19.2 Å². The molecular weight excluding hydrogens is 404 g/mol. The molecule has 1 heterocycles. The molecule has 1 aliphatic rings. The number of fused-ring (bicyclic) bond motifs is 1. The fourth-order valence-electron chi connectivity index (χ4n) is 2.86. The van der Waals surface area contributed by atoms with E-state index in [2.05, 4.69) is 22.5 Å². The Balaban J connectivity index is 1.46. The molecule has 2 aromatic rings. The number of nitrogens with one attached hydrogen (secondary N) is 2. The molecule has 0 atom stereocenters. The molecule has 0 unspecified atom stereocenters. The van der Waals surface area contributed by atoms with E-state index in [1.54, 1.807) is 0 Å². The van der Waals surface area contributed by atoms with Gasteiger partial charge in [0, 0.05) is 17.7 Å². The molecule has 3 rings (SSSR count). The second-order valence-corrected chi connectivity index (χ2v) is 6.40. The van der Waals surface area contributed by atoms with Gasteiger partial charge in [-0.1, -0.05) is 17.9 Å². The second kappa shape index (κ2) is 9.50. The molecule has 0 aromatic heterocycles. The Morgan fingerprint density at radius 3 is 2.80 bits per heavy atom. The van der Waals surface area contributed by atoms with Gasteiger partial charge < -0.3 is 20.1 Å². The normalized spacial score (nSPS) is 12.8. The van der Waals surface area contributed by atoms with Gasteiger partial charge in [-0.25, -0.2) is 9.18 Å². The van der Waals surface area contributed by atoms with Crippen LogP contribution in [-0.4, -0.2) is 25.9 Å². The van der Waals surface area contributed by atoms with E-state index in [0.29, 0.717) is 23.3 Å². The van der Waals surface area contributed by atoms with Crippen molar-refractivity contribution in [2.75, 3.05) is 19.9 Å². The van der Waals surface area contributed by atoms with E-state index in [9.17, 15) is 22.4 Å². The van der Waals surface area contributed by atoms with Gasteiger partial charge in [0.25, 0.3) is 0 Å². The zero-order chi connectivity index (χ0) is 21.6. The lowest BCUT2D eigenvalue weighted by atomic mass is 10.1. The van der Waals surface area contributed by atoms with Crippen LogP contribution in [0.2, 0.25) is 0 Å². The summed E-state index contributed by atoms with van der Waals surface area (Å²) in [5.74, 6) is 5.32. The molecule has 0 spiro atoms. The molecule has 2 amide bonds. The molecule has 0 bridgehead atoms. The van der Waals surface area contributed by atoms with E-state index < -0.39 is 23.6 Å². The quantitative estimate of drug-likeness (QED) is 0.585. The summed E-state index contributed by atoms with van der Waals surface area (Å²) < 4.78 is 62.2. The van der Waals surface area contributed by atoms with Gasteiger partial charge in [-0.3, -0.25) is 0 Å². The summed E-state index contributed by atoms with van der Waals surface area (Å²) >= 11 is 0. The van der Waals surface area contributed by atoms with Crippen LogP contribution in [0.5, 0.6) is 5.75 Å². The molecule has 158 valence electrons. The first-order chi connectivity index (χ1) is 14.3. The van der Waals surface area contributed by atoms with Gasteiger partial charge in [0.1, 0.15) is 11.6 Å². The average Bonchev–Trinajstić information content (AvgIpc) is 2.70. The van der Waals surface area contributed by atoms with Gasteiger partial charge in [-0.15, -0.1) is 0 Å².